The molecule has 0 unspecified atom stereocenters. The number of hydrogen-bond donors (Lipinski definition) is 1. The first kappa shape index (κ1) is 11.0. The van der Waals surface area contributed by atoms with Gasteiger partial charge in [0.05, 0.1) is 0 Å². The minimum absolute atomic E-state index is 0.554. The highest BCUT2D eigenvalue weighted by Crippen LogP contribution is 2.34. The van der Waals surface area contributed by atoms with Gasteiger partial charge in [0.15, 0.2) is 0 Å². The molecule has 1 N–H and O–H groups in total. The lowest BCUT2D eigenvalue weighted by atomic mass is 9.81. The molecule has 0 saturated heterocycles. The van der Waals surface area contributed by atoms with Crippen LogP contribution in [0.2, 0.25) is 0 Å². The molecule has 0 heterocycles. The normalized spacial score (nSPS) is 35.3. The first-order chi connectivity index (χ1) is 5.99. The van der Waals surface area contributed by atoms with Crippen LogP contribution >= 0.6 is 0 Å². The van der Waals surface area contributed by atoms with Crippen LogP contribution in [0.15, 0.2) is 0 Å². The number of nitrogens with one attached hydrogen (secondary N) is 1. The summed E-state index contributed by atoms with van der Waals surface area (Å²) in [6.45, 7) is 7.11. The number of alkyl halides is 1. The molecule has 0 atom stereocenters. The molecule has 0 aromatic carbocycles. The summed E-state index contributed by atoms with van der Waals surface area (Å²) < 4.78 is 13.4. The monoisotopic (exact) mass is 187 g/mol. The van der Waals surface area contributed by atoms with Crippen LogP contribution in [0.1, 0.15) is 46.5 Å². The molecule has 0 spiro atoms. The van der Waals surface area contributed by atoms with Crippen molar-refractivity contribution < 1.29 is 4.39 Å². The van der Waals surface area contributed by atoms with E-state index in [1.165, 1.54) is 0 Å². The van der Waals surface area contributed by atoms with Gasteiger partial charge in [-0.2, -0.15) is 0 Å². The zero-order valence-corrected chi connectivity index (χ0v) is 9.07. The van der Waals surface area contributed by atoms with Crippen LogP contribution in [0.5, 0.6) is 0 Å². The first-order valence-electron chi connectivity index (χ1n) is 5.42. The van der Waals surface area contributed by atoms with E-state index in [2.05, 4.69) is 19.2 Å². The smallest absolute Gasteiger partial charge is 0.108 e. The van der Waals surface area contributed by atoms with Gasteiger partial charge in [0.2, 0.25) is 0 Å². The van der Waals surface area contributed by atoms with Gasteiger partial charge in [-0.05, 0) is 45.1 Å². The maximum atomic E-state index is 13.4. The molecule has 1 nitrogen and oxygen atoms in total. The van der Waals surface area contributed by atoms with Crippen LogP contribution < -0.4 is 5.32 Å². The van der Waals surface area contributed by atoms with E-state index >= 15 is 0 Å². The standard InChI is InChI=1S/C11H22FN/c1-9(2)13-8-10-4-6-11(3,12)7-5-10/h9-10,13H,4-8H2,1-3H3. The van der Waals surface area contributed by atoms with Gasteiger partial charge in [0.25, 0.3) is 0 Å². The molecule has 1 aliphatic rings. The molecular formula is C11H22FN. The third-order valence-corrected chi connectivity index (χ3v) is 2.96. The van der Waals surface area contributed by atoms with Crippen LogP contribution in [0, 0.1) is 5.92 Å². The SMILES string of the molecule is CC(C)NCC1CCC(C)(F)CC1. The molecule has 0 bridgehead atoms. The molecule has 1 aliphatic carbocycles. The molecule has 0 amide bonds. The van der Waals surface area contributed by atoms with Crippen molar-refractivity contribution in [2.45, 2.75) is 58.2 Å². The summed E-state index contributed by atoms with van der Waals surface area (Å²) in [5, 5.41) is 3.42. The number of halogens is 1. The third-order valence-electron chi connectivity index (χ3n) is 2.96. The average molecular weight is 187 g/mol. The third kappa shape index (κ3) is 4.08. The predicted octanol–water partition coefficient (Wildman–Crippen LogP) is 2.90. The summed E-state index contributed by atoms with van der Waals surface area (Å²) in [5.74, 6) is 0.700. The summed E-state index contributed by atoms with van der Waals surface area (Å²) in [6.07, 6.45) is 3.59. The maximum Gasteiger partial charge on any atom is 0.108 e. The number of rotatable bonds is 3. The Kier molecular flexibility index (Phi) is 3.72. The fourth-order valence-electron chi connectivity index (χ4n) is 1.89. The second kappa shape index (κ2) is 4.41. The van der Waals surface area contributed by atoms with E-state index in [1.807, 2.05) is 0 Å². The Hall–Kier alpha value is -0.110. The largest absolute Gasteiger partial charge is 0.314 e. The van der Waals surface area contributed by atoms with Gasteiger partial charge in [-0.15, -0.1) is 0 Å². The Morgan fingerprint density at radius 2 is 1.92 bits per heavy atom. The van der Waals surface area contributed by atoms with Crippen molar-refractivity contribution in [2.75, 3.05) is 6.54 Å². The summed E-state index contributed by atoms with van der Waals surface area (Å²) in [6, 6.07) is 0.554. The molecular weight excluding hydrogens is 165 g/mol. The van der Waals surface area contributed by atoms with Gasteiger partial charge in [-0.25, -0.2) is 4.39 Å². The topological polar surface area (TPSA) is 12.0 Å². The Morgan fingerprint density at radius 1 is 1.38 bits per heavy atom. The minimum Gasteiger partial charge on any atom is -0.314 e. The highest BCUT2D eigenvalue weighted by molar-refractivity contribution is 4.82. The van der Waals surface area contributed by atoms with E-state index in [9.17, 15) is 4.39 Å². The fourth-order valence-corrected chi connectivity index (χ4v) is 1.89. The molecule has 78 valence electrons. The zero-order valence-electron chi connectivity index (χ0n) is 9.07. The van der Waals surface area contributed by atoms with Crippen LogP contribution in [0.25, 0.3) is 0 Å². The Labute approximate surface area is 81.1 Å². The van der Waals surface area contributed by atoms with Crippen molar-refractivity contribution in [1.29, 1.82) is 0 Å². The van der Waals surface area contributed by atoms with Crippen molar-refractivity contribution in [2.24, 2.45) is 5.92 Å². The molecule has 0 radical (unpaired) electrons. The van der Waals surface area contributed by atoms with Gasteiger partial charge in [-0.3, -0.25) is 0 Å². The lowest BCUT2D eigenvalue weighted by Crippen LogP contribution is -2.34. The van der Waals surface area contributed by atoms with Crippen molar-refractivity contribution in [3.05, 3.63) is 0 Å². The van der Waals surface area contributed by atoms with E-state index in [-0.39, 0.29) is 0 Å². The van der Waals surface area contributed by atoms with Gasteiger partial charge in [-0.1, -0.05) is 13.8 Å². The molecule has 0 aliphatic heterocycles. The van der Waals surface area contributed by atoms with Crippen molar-refractivity contribution in [1.82, 2.24) is 5.32 Å². The molecule has 2 heteroatoms. The number of hydrogen-bond acceptors (Lipinski definition) is 1. The fraction of sp³-hybridized carbons (Fsp3) is 1.00. The second-order valence-corrected chi connectivity index (χ2v) is 4.92. The Balaban J connectivity index is 2.18. The van der Waals surface area contributed by atoms with Crippen LogP contribution in [0.3, 0.4) is 0 Å². The van der Waals surface area contributed by atoms with E-state index in [1.54, 1.807) is 6.92 Å². The second-order valence-electron chi connectivity index (χ2n) is 4.92. The van der Waals surface area contributed by atoms with Crippen LogP contribution in [0.4, 0.5) is 4.39 Å². The predicted molar refractivity (Wildman–Crippen MR) is 54.6 cm³/mol. The molecule has 1 fully saturated rings. The van der Waals surface area contributed by atoms with E-state index in [0.717, 1.165) is 32.2 Å². The molecule has 1 rings (SSSR count). The van der Waals surface area contributed by atoms with Crippen LogP contribution in [-0.2, 0) is 0 Å². The van der Waals surface area contributed by atoms with Crippen molar-refractivity contribution in [3.63, 3.8) is 0 Å². The van der Waals surface area contributed by atoms with Gasteiger partial charge >= 0.3 is 0 Å². The van der Waals surface area contributed by atoms with Crippen molar-refractivity contribution >= 4 is 0 Å². The molecule has 1 saturated carbocycles. The minimum atomic E-state index is -0.881. The van der Waals surface area contributed by atoms with E-state index in [0.29, 0.717) is 12.0 Å². The zero-order chi connectivity index (χ0) is 9.90. The summed E-state index contributed by atoms with van der Waals surface area (Å²) in [7, 11) is 0. The van der Waals surface area contributed by atoms with Gasteiger partial charge < -0.3 is 5.32 Å². The summed E-state index contributed by atoms with van der Waals surface area (Å²) >= 11 is 0. The molecule has 0 aromatic rings. The Bertz CT molecular complexity index is 141. The maximum absolute atomic E-state index is 13.4. The van der Waals surface area contributed by atoms with Gasteiger partial charge in [0, 0.05) is 6.04 Å². The molecule has 13 heavy (non-hydrogen) atoms. The van der Waals surface area contributed by atoms with E-state index < -0.39 is 5.67 Å². The quantitative estimate of drug-likeness (QED) is 0.716. The van der Waals surface area contributed by atoms with Crippen molar-refractivity contribution in [3.8, 4) is 0 Å². The summed E-state index contributed by atoms with van der Waals surface area (Å²) in [4.78, 5) is 0. The highest BCUT2D eigenvalue weighted by Gasteiger charge is 2.30. The lowest BCUT2D eigenvalue weighted by Gasteiger charge is -2.31. The van der Waals surface area contributed by atoms with E-state index in [4.69, 9.17) is 0 Å². The highest BCUT2D eigenvalue weighted by atomic mass is 19.1. The van der Waals surface area contributed by atoms with Gasteiger partial charge in [0.1, 0.15) is 5.67 Å². The Morgan fingerprint density at radius 3 is 2.38 bits per heavy atom. The average Bonchev–Trinajstić information content (AvgIpc) is 2.02. The molecule has 0 aromatic heterocycles. The summed E-state index contributed by atoms with van der Waals surface area (Å²) in [5.41, 5.74) is -0.881. The van der Waals surface area contributed by atoms with Crippen LogP contribution in [-0.4, -0.2) is 18.3 Å². The first-order valence-corrected chi connectivity index (χ1v) is 5.42. The lowest BCUT2D eigenvalue weighted by molar-refractivity contribution is 0.102.